The van der Waals surface area contributed by atoms with Gasteiger partial charge in [-0.1, -0.05) is 36.4 Å². The Balaban J connectivity index is 0.000000283. The van der Waals surface area contributed by atoms with Crippen LogP contribution in [0, 0.1) is 0 Å². The summed E-state index contributed by atoms with van der Waals surface area (Å²) in [6, 6.07) is 21.4. The van der Waals surface area contributed by atoms with E-state index in [0.717, 1.165) is 22.8 Å². The van der Waals surface area contributed by atoms with Gasteiger partial charge in [0, 0.05) is 19.4 Å². The molecule has 2 bridgehead atoms. The monoisotopic (exact) mass is 409 g/mol. The van der Waals surface area contributed by atoms with Crippen molar-refractivity contribution in [3.8, 4) is 11.5 Å². The molecule has 0 saturated heterocycles. The van der Waals surface area contributed by atoms with Crippen molar-refractivity contribution in [2.75, 3.05) is 0 Å². The summed E-state index contributed by atoms with van der Waals surface area (Å²) >= 11 is 1.38. The lowest BCUT2D eigenvalue weighted by molar-refractivity contribution is -0.124. The van der Waals surface area contributed by atoms with Crippen molar-refractivity contribution in [3.63, 3.8) is 0 Å². The van der Waals surface area contributed by atoms with Crippen molar-refractivity contribution < 1.29 is 18.7 Å². The van der Waals surface area contributed by atoms with E-state index >= 15 is 0 Å². The van der Waals surface area contributed by atoms with Gasteiger partial charge >= 0.3 is 0 Å². The number of hydrogen-bond donors (Lipinski definition) is 1. The number of carbonyl (C=O) groups is 2. The predicted molar refractivity (Wildman–Crippen MR) is 114 cm³/mol. The molecule has 29 heavy (non-hydrogen) atoms. The van der Waals surface area contributed by atoms with Gasteiger partial charge in [0.2, 0.25) is 5.91 Å². The minimum Gasteiger partial charge on any atom is -0.468 e. The van der Waals surface area contributed by atoms with Crippen LogP contribution in [0.25, 0.3) is 0 Å². The molecule has 6 heteroatoms. The highest BCUT2D eigenvalue weighted by Gasteiger charge is 2.20. The van der Waals surface area contributed by atoms with Crippen LogP contribution >= 0.6 is 11.8 Å². The summed E-state index contributed by atoms with van der Waals surface area (Å²) in [5.74, 6) is 3.13. The maximum atomic E-state index is 12.3. The minimum atomic E-state index is -0.536. The second-order valence-electron chi connectivity index (χ2n) is 6.50. The number of aryl methyl sites for hydroxylation is 1. The number of ether oxygens (including phenoxy) is 1. The van der Waals surface area contributed by atoms with Crippen LogP contribution in [0.5, 0.6) is 11.5 Å². The summed E-state index contributed by atoms with van der Waals surface area (Å²) in [6.45, 7) is 1.42. The molecule has 1 N–H and O–H groups in total. The molecule has 3 heterocycles. The third-order valence-corrected chi connectivity index (χ3v) is 5.31. The number of hydrogen-bond acceptors (Lipinski definition) is 5. The summed E-state index contributed by atoms with van der Waals surface area (Å²) in [4.78, 5) is 23.6. The third kappa shape index (κ3) is 6.84. The Morgan fingerprint density at radius 3 is 2.24 bits per heavy atom. The molecule has 0 radical (unpaired) electrons. The van der Waals surface area contributed by atoms with Crippen molar-refractivity contribution in [1.82, 2.24) is 5.32 Å². The van der Waals surface area contributed by atoms with E-state index in [9.17, 15) is 9.59 Å². The van der Waals surface area contributed by atoms with E-state index in [4.69, 9.17) is 9.15 Å². The highest BCUT2D eigenvalue weighted by Crippen LogP contribution is 2.32. The Bertz CT molecular complexity index is 900. The Kier molecular flexibility index (Phi) is 7.53. The van der Waals surface area contributed by atoms with Gasteiger partial charge in [-0.15, -0.1) is 11.8 Å². The fourth-order valence-electron chi connectivity index (χ4n) is 2.68. The molecule has 3 aromatic rings. The molecular weight excluding hydrogens is 386 g/mol. The second kappa shape index (κ2) is 10.5. The van der Waals surface area contributed by atoms with Gasteiger partial charge in [0.05, 0.1) is 12.0 Å². The summed E-state index contributed by atoms with van der Waals surface area (Å²) in [5.41, 5.74) is 1.12. The first-order chi connectivity index (χ1) is 14.1. The van der Waals surface area contributed by atoms with E-state index in [2.05, 4.69) is 5.32 Å². The van der Waals surface area contributed by atoms with E-state index < -0.39 is 5.37 Å². The summed E-state index contributed by atoms with van der Waals surface area (Å²) < 4.78 is 10.3. The Morgan fingerprint density at radius 2 is 1.72 bits per heavy atom. The number of Topliss-reactive ketones (excluding diaryl/α,β-unsaturated/α-hetero) is 1. The fourth-order valence-corrected chi connectivity index (χ4v) is 3.73. The first-order valence-electron chi connectivity index (χ1n) is 9.36. The molecule has 2 aliphatic heterocycles. The van der Waals surface area contributed by atoms with Crippen LogP contribution in [0.3, 0.4) is 0 Å². The molecule has 2 aliphatic rings. The average Bonchev–Trinajstić information content (AvgIpc) is 3.24. The Labute approximate surface area is 174 Å². The number of thioether (sulfide) groups is 1. The van der Waals surface area contributed by atoms with Crippen LogP contribution in [0.2, 0.25) is 0 Å². The maximum absolute atomic E-state index is 12.3. The number of benzene rings is 2. The predicted octanol–water partition coefficient (Wildman–Crippen LogP) is 4.97. The van der Waals surface area contributed by atoms with Gasteiger partial charge < -0.3 is 14.5 Å². The third-order valence-electron chi connectivity index (χ3n) is 4.14. The number of nitrogens with one attached hydrogen (secondary N) is 1. The molecule has 0 aliphatic carbocycles. The van der Waals surface area contributed by atoms with Crippen molar-refractivity contribution in [2.24, 2.45) is 0 Å². The van der Waals surface area contributed by atoms with E-state index in [1.807, 2.05) is 60.7 Å². The zero-order valence-electron chi connectivity index (χ0n) is 16.2. The quantitative estimate of drug-likeness (QED) is 0.416. The van der Waals surface area contributed by atoms with Crippen molar-refractivity contribution in [1.29, 1.82) is 0 Å². The molecule has 1 atom stereocenters. The minimum absolute atomic E-state index is 0.0237. The van der Waals surface area contributed by atoms with Gasteiger partial charge in [-0.2, -0.15) is 0 Å². The molecule has 1 aromatic heterocycles. The fraction of sp³-hybridized carbons (Fsp3) is 0.217. The first kappa shape index (κ1) is 20.7. The molecule has 5 rings (SSSR count). The van der Waals surface area contributed by atoms with E-state index in [-0.39, 0.29) is 11.7 Å². The number of carbonyl (C=O) groups excluding carboxylic acids is 2. The van der Waals surface area contributed by atoms with Gasteiger partial charge in [-0.25, -0.2) is 0 Å². The zero-order valence-corrected chi connectivity index (χ0v) is 17.0. The highest BCUT2D eigenvalue weighted by molar-refractivity contribution is 7.99. The molecule has 0 spiro atoms. The largest absolute Gasteiger partial charge is 0.468 e. The Morgan fingerprint density at radius 1 is 1.00 bits per heavy atom. The molecule has 0 saturated carbocycles. The lowest BCUT2D eigenvalue weighted by Crippen LogP contribution is -2.37. The number of rotatable bonds is 8. The standard InChI is InChI=1S/C17H19NO3S.C6H4O/c1-13(19)18-17(22-12-15-8-5-11-21-15)16(20)10-9-14-6-3-2-4-7-14;1-2-5-4-6(3-1)7-5/h2-8,11,17H,9-10,12H2,1H3,(H,18,19);1-4H/t17-;/m0./s1. The topological polar surface area (TPSA) is 68.5 Å². The molecular formula is C23H23NO4S. The second-order valence-corrected chi connectivity index (χ2v) is 7.59. The van der Waals surface area contributed by atoms with Crippen LogP contribution in [0.4, 0.5) is 0 Å². The molecule has 0 fully saturated rings. The van der Waals surface area contributed by atoms with Gasteiger partial charge in [0.25, 0.3) is 0 Å². The van der Waals surface area contributed by atoms with Crippen LogP contribution in [-0.2, 0) is 21.8 Å². The van der Waals surface area contributed by atoms with Crippen LogP contribution in [-0.4, -0.2) is 17.1 Å². The van der Waals surface area contributed by atoms with Crippen LogP contribution in [0.15, 0.2) is 77.4 Å². The zero-order chi connectivity index (χ0) is 20.5. The van der Waals surface area contributed by atoms with Gasteiger partial charge in [-0.05, 0) is 36.2 Å². The lowest BCUT2D eigenvalue weighted by Gasteiger charge is -2.15. The maximum Gasteiger partial charge on any atom is 0.218 e. The highest BCUT2D eigenvalue weighted by atomic mass is 32.2. The van der Waals surface area contributed by atoms with E-state index in [1.165, 1.54) is 18.7 Å². The van der Waals surface area contributed by atoms with E-state index in [0.29, 0.717) is 18.6 Å². The van der Waals surface area contributed by atoms with Gasteiger partial charge in [-0.3, -0.25) is 9.59 Å². The molecule has 2 aromatic carbocycles. The summed E-state index contributed by atoms with van der Waals surface area (Å²) in [5, 5.41) is 2.18. The normalized spacial score (nSPS) is 11.9. The van der Waals surface area contributed by atoms with Crippen LogP contribution < -0.4 is 10.1 Å². The SMILES string of the molecule is CC(=O)N[C@@H](SCc1ccco1)C(=O)CCc1ccccc1.c1cc2cc(c1)O2. The number of furan rings is 1. The number of amides is 1. The molecule has 0 unspecified atom stereocenters. The lowest BCUT2D eigenvalue weighted by atomic mass is 10.1. The van der Waals surface area contributed by atoms with Gasteiger partial charge in [0.15, 0.2) is 5.78 Å². The first-order valence-corrected chi connectivity index (χ1v) is 10.4. The Hall–Kier alpha value is -2.99. The average molecular weight is 410 g/mol. The van der Waals surface area contributed by atoms with Crippen molar-refractivity contribution in [2.45, 2.75) is 30.9 Å². The van der Waals surface area contributed by atoms with Crippen LogP contribution in [0.1, 0.15) is 24.7 Å². The number of fused-ring (bicyclic) bond motifs is 2. The summed E-state index contributed by atoms with van der Waals surface area (Å²) in [7, 11) is 0. The molecule has 1 amide bonds. The smallest absolute Gasteiger partial charge is 0.218 e. The molecule has 150 valence electrons. The van der Waals surface area contributed by atoms with E-state index in [1.54, 1.807) is 12.3 Å². The van der Waals surface area contributed by atoms with Crippen molar-refractivity contribution >= 4 is 23.5 Å². The number of ketones is 1. The molecule has 5 nitrogen and oxygen atoms in total. The van der Waals surface area contributed by atoms with Crippen molar-refractivity contribution in [3.05, 3.63) is 84.3 Å². The van der Waals surface area contributed by atoms with Gasteiger partial charge in [0.1, 0.15) is 22.6 Å². The summed E-state index contributed by atoms with van der Waals surface area (Å²) in [6.07, 6.45) is 2.68.